The molecule has 0 aromatic carbocycles. The van der Waals surface area contributed by atoms with Gasteiger partial charge in [0, 0.05) is 438 Å². The molecule has 2 aliphatic heterocycles. The fourth-order valence-corrected chi connectivity index (χ4v) is 15.5. The van der Waals surface area contributed by atoms with Crippen LogP contribution in [0.4, 0.5) is 0 Å². The van der Waals surface area contributed by atoms with Gasteiger partial charge < -0.3 is 129 Å². The Morgan fingerprint density at radius 1 is 0.482 bits per heavy atom. The molecular formula is C70H109N2O16S10Y12-10. The van der Waals surface area contributed by atoms with Crippen molar-refractivity contribution in [2.75, 3.05) is 98.7 Å². The fourth-order valence-electron chi connectivity index (χ4n) is 9.01. The molecule has 601 valence electrons. The van der Waals surface area contributed by atoms with E-state index in [9.17, 15) is 76.7 Å². The minimum absolute atomic E-state index is 0. The largest absolute Gasteiger partial charge is 3.00 e. The van der Waals surface area contributed by atoms with E-state index in [1.807, 2.05) is 77.7 Å². The number of rotatable bonds is 37. The molecule has 2 heterocycles. The third kappa shape index (κ3) is 68.0. The molecule has 9 atom stereocenters. The van der Waals surface area contributed by atoms with Crippen LogP contribution in [-0.4, -0.2) is 223 Å². The number of allylic oxidation sites excluding steroid dienone is 2. The summed E-state index contributed by atoms with van der Waals surface area (Å²) in [7, 11) is 0. The Hall–Kier alpha value is 9.90. The molecule has 4 unspecified atom stereocenters. The first-order valence-corrected chi connectivity index (χ1v) is 43.0. The molecule has 0 bridgehead atoms. The molecule has 1 saturated carbocycles. The van der Waals surface area contributed by atoms with E-state index in [1.54, 1.807) is 45.0 Å². The number of carbonyl (C=O) groups excluding carboxylic acids is 16. The summed E-state index contributed by atoms with van der Waals surface area (Å²) in [4.78, 5) is 189. The molecule has 0 spiro atoms. The smallest absolute Gasteiger partial charge is 0.541 e. The third-order valence-corrected chi connectivity index (χ3v) is 22.1. The first-order chi connectivity index (χ1) is 44.1. The minimum atomic E-state index is -0.620. The molecule has 4 amide bonds. The summed E-state index contributed by atoms with van der Waals surface area (Å²) < 4.78 is 0. The van der Waals surface area contributed by atoms with Crippen molar-refractivity contribution in [3.05, 3.63) is 92.4 Å². The molecule has 110 heavy (non-hydrogen) atoms. The maximum atomic E-state index is 12.5. The molecule has 4 aliphatic rings. The number of carbonyl (C=O) groups is 15. The van der Waals surface area contributed by atoms with Gasteiger partial charge in [0.2, 0.25) is 23.6 Å². The van der Waals surface area contributed by atoms with Crippen LogP contribution < -0.4 is 0 Å². The second-order valence-electron chi connectivity index (χ2n) is 20.5. The third-order valence-electron chi connectivity index (χ3n) is 14.2. The number of Topliss-reactive ketones (excluding diaryl/α,β-unsaturated/α-hetero) is 11. The quantitative estimate of drug-likeness (QED) is 0.0413. The van der Waals surface area contributed by atoms with Crippen molar-refractivity contribution in [1.82, 2.24) is 9.80 Å². The van der Waals surface area contributed by atoms with Crippen molar-refractivity contribution in [3.63, 3.8) is 0 Å². The molecule has 0 aromatic rings. The molecule has 2 saturated heterocycles. The Labute approximate surface area is 1010 Å². The first kappa shape index (κ1) is 166. The number of likely N-dealkylation sites (tertiary alicyclic amines) is 2. The number of imide groups is 2. The van der Waals surface area contributed by atoms with Crippen molar-refractivity contribution in [2.24, 2.45) is 29.6 Å². The average molecular weight is 2620 g/mol. The normalized spacial score (nSPS) is 16.9. The SMILES string of the molecule is CC[C@@H]([CH-]C(=O)CCN1C(=O)CC(SC)C1=O)C(=O)CCN1C(=O)CC(SC)C1=O.CC[C@@H]([CH-]C(=O)CSC)C(=O)CSC.CC[C@H]1[CH-]C(=O)C(SC)=C(SC)C1=O.CC[C@H]1[CH-]C(=O)C(SC)C(SC)C1=O.CSC[C-]=O.[CH2-]C(=O)[CH-][C@H](CC)C(=O)C[CH-]C(=O)CSC.[CH3-].[CH3-].[CH3-].[CH3-].[CH3-].[Y+3].[Y].[Y].[Y].[Y].[Y].[Y].[Y].[Y].[Y].[Y].[Y]. The second kappa shape index (κ2) is 103. The van der Waals surface area contributed by atoms with Gasteiger partial charge >= 0.3 is 32.7 Å². The zero-order chi connectivity index (χ0) is 71.5. The predicted octanol–water partition coefficient (Wildman–Crippen LogP) is 11.7. The summed E-state index contributed by atoms with van der Waals surface area (Å²) in [5, 5.41) is -1.08. The van der Waals surface area contributed by atoms with Gasteiger partial charge in [-0.15, -0.1) is 29.7 Å². The molecule has 0 N–H and O–H groups in total. The van der Waals surface area contributed by atoms with E-state index in [2.05, 4.69) is 6.92 Å². The summed E-state index contributed by atoms with van der Waals surface area (Å²) in [6, 6.07) is 0. The Kier molecular flexibility index (Phi) is 155. The molecule has 11 radical (unpaired) electrons. The van der Waals surface area contributed by atoms with Gasteiger partial charge in [-0.3, -0.25) is 40.1 Å². The molecule has 3 fully saturated rings. The van der Waals surface area contributed by atoms with Crippen molar-refractivity contribution in [2.45, 2.75) is 120 Å². The van der Waals surface area contributed by atoms with Crippen molar-refractivity contribution in [3.8, 4) is 0 Å². The van der Waals surface area contributed by atoms with Gasteiger partial charge in [0.25, 0.3) is 0 Å². The van der Waals surface area contributed by atoms with Crippen LogP contribution in [0.2, 0.25) is 0 Å². The van der Waals surface area contributed by atoms with E-state index in [0.717, 1.165) is 22.6 Å². The van der Waals surface area contributed by atoms with Gasteiger partial charge in [-0.05, 0) is 79.8 Å². The van der Waals surface area contributed by atoms with Crippen LogP contribution in [0.5, 0.6) is 0 Å². The zero-order valence-corrected chi connectivity index (χ0v) is 110. The molecule has 2 aliphatic carbocycles. The van der Waals surface area contributed by atoms with Crippen LogP contribution in [-0.2, 0) is 469 Å². The van der Waals surface area contributed by atoms with Crippen LogP contribution in [0.1, 0.15) is 98.8 Å². The summed E-state index contributed by atoms with van der Waals surface area (Å²) in [5.41, 5.74) is 0. The van der Waals surface area contributed by atoms with Gasteiger partial charge in [0.05, 0.1) is 26.8 Å². The molecular weight excluding hydrogens is 2510 g/mol. The molecule has 0 aromatic heterocycles. The van der Waals surface area contributed by atoms with Gasteiger partial charge in [-0.25, -0.2) is 11.8 Å². The Morgan fingerprint density at radius 3 is 1.21 bits per heavy atom. The van der Waals surface area contributed by atoms with Crippen LogP contribution >= 0.6 is 118 Å². The monoisotopic (exact) mass is 2620 g/mol. The Bertz CT molecular complexity index is 2600. The topological polar surface area (TPSA) is 280 Å². The number of nitrogens with zero attached hydrogens (tertiary/aromatic N) is 2. The molecule has 40 heteroatoms. The van der Waals surface area contributed by atoms with Crippen molar-refractivity contribution < 1.29 is 469 Å². The van der Waals surface area contributed by atoms with E-state index in [-0.39, 0.29) is 601 Å². The molecule has 18 nitrogen and oxygen atoms in total. The number of thioether (sulfide) groups is 10. The second-order valence-corrected chi connectivity index (χ2v) is 29.6. The zero-order valence-electron chi connectivity index (χ0n) is 68.1. The van der Waals surface area contributed by atoms with E-state index >= 15 is 0 Å². The summed E-state index contributed by atoms with van der Waals surface area (Å²) >= 11 is 14.2. The van der Waals surface area contributed by atoms with Gasteiger partial charge in [0.15, 0.2) is 0 Å². The number of hydrogen-bond donors (Lipinski definition) is 0. The summed E-state index contributed by atoms with van der Waals surface area (Å²) in [6.45, 7) is 12.7. The van der Waals surface area contributed by atoms with Crippen LogP contribution in [0.15, 0.2) is 9.81 Å². The standard InChI is InChI=1S/C20H27N2O6S2.C12H17O3S.C10H15O2S2.C10H13O2S2.C10H17O2S2.C3H5OS.5CH3.12Y/c1-4-12(14(24)6-8-22-18(26)11-16(30-3)20(22)28)9-13(23)5-7-21-17(25)10-15(29-2)19(21)27;1-4-10(7-9(2)13)12(15)6-5-11(14)8-16-3;2*1-4-6-5-7(11)9(13-2)10(14-3)8(6)12;1-4-8(10(12)7-14-3)5-9(11)6-13-2;1-5-3-2-4;;;;;;;;;;;;;;;;;/h9,12,15-16H,4-8,10-11H2,1-3H3;5,7,10H,2,4,6,8H2,1,3H3;5-6,9-10H,4H2,1-3H3;5-6H,4H2,1-3H3;5,8H,4,6-7H2,1-3H3;3H2,1H3;5*1H3;;;;;;;;;;;;/q-1;-3;9*-1;;;;;;;;;;;;+3/t12-,15?,16?;10-;6-,9?,10?;6-;8-;;;;;;;;;;;;;;;;;;/m00000................../s1. The van der Waals surface area contributed by atoms with Crippen LogP contribution in [0, 0.1) is 112 Å². The maximum Gasteiger partial charge on any atom is 3.00 e. The Balaban J connectivity index is -0.0000000542. The number of hydrogen-bond acceptors (Lipinski definition) is 26. The molecule has 4 rings (SSSR count). The van der Waals surface area contributed by atoms with Crippen molar-refractivity contribution in [1.29, 1.82) is 0 Å². The van der Waals surface area contributed by atoms with Crippen molar-refractivity contribution >= 4 is 211 Å². The fraction of sp³-hybridized carbons (Fsp3) is 0.571. The number of ketones is 11. The van der Waals surface area contributed by atoms with Gasteiger partial charge in [-0.1, -0.05) is 95.3 Å². The maximum absolute atomic E-state index is 12.5. The van der Waals surface area contributed by atoms with E-state index in [4.69, 9.17) is 0 Å². The van der Waals surface area contributed by atoms with Gasteiger partial charge in [0.1, 0.15) is 23.1 Å². The van der Waals surface area contributed by atoms with Crippen LogP contribution in [0.25, 0.3) is 0 Å². The average Bonchev–Trinajstić information content (AvgIpc) is 1.17. The summed E-state index contributed by atoms with van der Waals surface area (Å²) in [6.07, 6.45) is 32.5. The first-order valence-electron chi connectivity index (χ1n) is 29.8. The summed E-state index contributed by atoms with van der Waals surface area (Å²) in [5.74, 6) is -1.12. The van der Waals surface area contributed by atoms with Crippen LogP contribution in [0.3, 0.4) is 0 Å². The number of amides is 4. The minimum Gasteiger partial charge on any atom is -0.541 e. The predicted molar refractivity (Wildman–Crippen MR) is 426 cm³/mol. The van der Waals surface area contributed by atoms with E-state index in [0.29, 0.717) is 52.1 Å². The van der Waals surface area contributed by atoms with E-state index < -0.39 is 11.8 Å². The van der Waals surface area contributed by atoms with Gasteiger partial charge in [-0.2, -0.15) is 101 Å². The van der Waals surface area contributed by atoms with E-state index in [1.165, 1.54) is 137 Å². The Morgan fingerprint density at radius 2 is 0.873 bits per heavy atom.